The smallest absolute Gasteiger partial charge is 0.293 e. The second-order valence-electron chi connectivity index (χ2n) is 7.14. The van der Waals surface area contributed by atoms with Crippen LogP contribution in [0.2, 0.25) is 0 Å². The van der Waals surface area contributed by atoms with Gasteiger partial charge in [-0.1, -0.05) is 64.5 Å². The van der Waals surface area contributed by atoms with Crippen molar-refractivity contribution in [3.63, 3.8) is 0 Å². The molecule has 0 atom stereocenters. The number of rotatable bonds is 7. The summed E-state index contributed by atoms with van der Waals surface area (Å²) >= 11 is 4.29. The highest BCUT2D eigenvalue weighted by Gasteiger charge is 2.35. The summed E-state index contributed by atoms with van der Waals surface area (Å²) in [6.07, 6.45) is 1.62. The fourth-order valence-corrected chi connectivity index (χ4v) is 4.46. The van der Waals surface area contributed by atoms with E-state index in [1.54, 1.807) is 42.5 Å². The number of anilines is 1. The van der Waals surface area contributed by atoms with Crippen molar-refractivity contribution in [3.05, 3.63) is 99.4 Å². The number of ether oxygens (including phenoxy) is 1. The van der Waals surface area contributed by atoms with E-state index < -0.39 is 0 Å². The number of nitrogens with zero attached hydrogens (tertiary/aromatic N) is 1. The average Bonchev–Trinajstić information content (AvgIpc) is 3.06. The molecule has 0 saturated carbocycles. The van der Waals surface area contributed by atoms with Crippen LogP contribution in [-0.2, 0) is 16.1 Å². The van der Waals surface area contributed by atoms with E-state index in [0.29, 0.717) is 21.9 Å². The van der Waals surface area contributed by atoms with Gasteiger partial charge in [0.05, 0.1) is 11.4 Å². The van der Waals surface area contributed by atoms with Crippen molar-refractivity contribution in [2.24, 2.45) is 0 Å². The molecule has 1 aliphatic rings. The van der Waals surface area contributed by atoms with Crippen LogP contribution in [0.5, 0.6) is 5.75 Å². The molecule has 3 amide bonds. The molecule has 1 fully saturated rings. The lowest BCUT2D eigenvalue weighted by molar-refractivity contribution is -0.123. The fourth-order valence-electron chi connectivity index (χ4n) is 3.19. The van der Waals surface area contributed by atoms with Gasteiger partial charge in [-0.15, -0.1) is 0 Å². The molecule has 1 N–H and O–H groups in total. The third kappa shape index (κ3) is 5.91. The highest BCUT2D eigenvalue weighted by molar-refractivity contribution is 9.10. The van der Waals surface area contributed by atoms with E-state index in [9.17, 15) is 14.4 Å². The number of carbonyl (C=O) groups excluding carboxylic acids is 3. The van der Waals surface area contributed by atoms with E-state index in [0.717, 1.165) is 21.8 Å². The summed E-state index contributed by atoms with van der Waals surface area (Å²) < 4.78 is 6.58. The van der Waals surface area contributed by atoms with E-state index in [-0.39, 0.29) is 30.2 Å². The first-order valence-corrected chi connectivity index (χ1v) is 11.7. The number of carbonyl (C=O) groups is 3. The lowest BCUT2D eigenvalue weighted by Gasteiger charge is -2.12. The Morgan fingerprint density at radius 1 is 1.00 bits per heavy atom. The van der Waals surface area contributed by atoms with Gasteiger partial charge >= 0.3 is 0 Å². The second-order valence-corrected chi connectivity index (χ2v) is 9.05. The standard InChI is InChI=1S/C25H19BrN2O4S/c26-19-9-6-7-17(13-19)15-28-24(30)22(33-25(28)31)14-18-8-4-5-12-21(18)32-16-23(29)27-20-10-2-1-3-11-20/h1-14H,15-16H2,(H,27,29)/b22-14+. The van der Waals surface area contributed by atoms with Gasteiger partial charge in [0, 0.05) is 15.7 Å². The molecule has 8 heteroatoms. The van der Waals surface area contributed by atoms with Crippen LogP contribution in [0.4, 0.5) is 10.5 Å². The number of nitrogens with one attached hydrogen (secondary N) is 1. The number of para-hydroxylation sites is 2. The minimum Gasteiger partial charge on any atom is -0.483 e. The maximum atomic E-state index is 12.9. The summed E-state index contributed by atoms with van der Waals surface area (Å²) in [5.74, 6) is -0.216. The number of amides is 3. The monoisotopic (exact) mass is 522 g/mol. The summed E-state index contributed by atoms with van der Waals surface area (Å²) in [5.41, 5.74) is 2.14. The first-order valence-electron chi connectivity index (χ1n) is 10.1. The number of imide groups is 1. The lowest BCUT2D eigenvalue weighted by Crippen LogP contribution is -2.27. The number of halogens is 1. The zero-order valence-electron chi connectivity index (χ0n) is 17.4. The Bertz CT molecular complexity index is 1230. The maximum Gasteiger partial charge on any atom is 0.293 e. The van der Waals surface area contributed by atoms with Crippen LogP contribution in [0.25, 0.3) is 6.08 Å². The van der Waals surface area contributed by atoms with Crippen molar-refractivity contribution in [1.82, 2.24) is 4.90 Å². The molecule has 0 aliphatic carbocycles. The molecule has 3 aromatic rings. The third-order valence-electron chi connectivity index (χ3n) is 4.73. The quantitative estimate of drug-likeness (QED) is 0.402. The molecular weight excluding hydrogens is 504 g/mol. The van der Waals surface area contributed by atoms with Gasteiger partial charge in [-0.2, -0.15) is 0 Å². The molecule has 4 rings (SSSR count). The predicted molar refractivity (Wildman–Crippen MR) is 133 cm³/mol. The zero-order valence-corrected chi connectivity index (χ0v) is 19.8. The van der Waals surface area contributed by atoms with Crippen molar-refractivity contribution in [2.45, 2.75) is 6.54 Å². The van der Waals surface area contributed by atoms with Crippen molar-refractivity contribution in [1.29, 1.82) is 0 Å². The molecule has 1 aliphatic heterocycles. The highest BCUT2D eigenvalue weighted by Crippen LogP contribution is 2.35. The Kier molecular flexibility index (Phi) is 7.26. The largest absolute Gasteiger partial charge is 0.483 e. The second kappa shape index (κ2) is 10.5. The van der Waals surface area contributed by atoms with Crippen LogP contribution in [0.1, 0.15) is 11.1 Å². The van der Waals surface area contributed by atoms with Crippen molar-refractivity contribution >= 4 is 56.5 Å². The van der Waals surface area contributed by atoms with E-state index >= 15 is 0 Å². The van der Waals surface area contributed by atoms with Gasteiger partial charge in [0.25, 0.3) is 17.1 Å². The Morgan fingerprint density at radius 2 is 1.76 bits per heavy atom. The molecule has 1 heterocycles. The summed E-state index contributed by atoms with van der Waals surface area (Å²) in [4.78, 5) is 39.1. The van der Waals surface area contributed by atoms with Crippen molar-refractivity contribution in [2.75, 3.05) is 11.9 Å². The van der Waals surface area contributed by atoms with Gasteiger partial charge in [0.2, 0.25) is 0 Å². The van der Waals surface area contributed by atoms with Gasteiger partial charge in [-0.25, -0.2) is 0 Å². The van der Waals surface area contributed by atoms with Crippen LogP contribution >= 0.6 is 27.7 Å². The molecule has 166 valence electrons. The number of thioether (sulfide) groups is 1. The van der Waals surface area contributed by atoms with E-state index in [2.05, 4.69) is 21.2 Å². The topological polar surface area (TPSA) is 75.7 Å². The van der Waals surface area contributed by atoms with Crippen LogP contribution in [0.15, 0.2) is 88.2 Å². The number of hydrogen-bond donors (Lipinski definition) is 1. The molecule has 0 unspecified atom stereocenters. The highest BCUT2D eigenvalue weighted by atomic mass is 79.9. The number of hydrogen-bond acceptors (Lipinski definition) is 5. The minimum absolute atomic E-state index is 0.190. The Hall–Kier alpha value is -3.36. The molecule has 0 bridgehead atoms. The van der Waals surface area contributed by atoms with Crippen LogP contribution in [-0.4, -0.2) is 28.6 Å². The van der Waals surface area contributed by atoms with Gasteiger partial charge in [0.1, 0.15) is 5.75 Å². The zero-order chi connectivity index (χ0) is 23.2. The Morgan fingerprint density at radius 3 is 2.55 bits per heavy atom. The summed E-state index contributed by atoms with van der Waals surface area (Å²) in [6, 6.07) is 23.6. The van der Waals surface area contributed by atoms with Crippen LogP contribution < -0.4 is 10.1 Å². The van der Waals surface area contributed by atoms with Gasteiger partial charge in [-0.05, 0) is 53.7 Å². The molecule has 0 aromatic heterocycles. The summed E-state index contributed by atoms with van der Waals surface area (Å²) in [5, 5.41) is 2.43. The summed E-state index contributed by atoms with van der Waals surface area (Å²) in [6.45, 7) is 0.00333. The van der Waals surface area contributed by atoms with Gasteiger partial charge in [0.15, 0.2) is 6.61 Å². The SMILES string of the molecule is O=C(COc1ccccc1/C=C1/SC(=O)N(Cc2cccc(Br)c2)C1=O)Nc1ccccc1. The lowest BCUT2D eigenvalue weighted by atomic mass is 10.1. The minimum atomic E-state index is -0.360. The van der Waals surface area contributed by atoms with Crippen molar-refractivity contribution in [3.8, 4) is 5.75 Å². The van der Waals surface area contributed by atoms with Crippen LogP contribution in [0, 0.1) is 0 Å². The molecule has 6 nitrogen and oxygen atoms in total. The van der Waals surface area contributed by atoms with Crippen LogP contribution in [0.3, 0.4) is 0 Å². The third-order valence-corrected chi connectivity index (χ3v) is 6.13. The molecule has 3 aromatic carbocycles. The molecule has 0 spiro atoms. The molecule has 0 radical (unpaired) electrons. The average molecular weight is 523 g/mol. The molecule has 33 heavy (non-hydrogen) atoms. The van der Waals surface area contributed by atoms with E-state index in [1.165, 1.54) is 4.90 Å². The fraction of sp³-hybridized carbons (Fsp3) is 0.0800. The predicted octanol–water partition coefficient (Wildman–Crippen LogP) is 5.70. The van der Waals surface area contributed by atoms with Crippen molar-refractivity contribution < 1.29 is 19.1 Å². The van der Waals surface area contributed by atoms with E-state index in [1.807, 2.05) is 42.5 Å². The van der Waals surface area contributed by atoms with Gasteiger partial charge < -0.3 is 10.1 Å². The molecule has 1 saturated heterocycles. The van der Waals surface area contributed by atoms with E-state index in [4.69, 9.17) is 4.74 Å². The number of benzene rings is 3. The Balaban J connectivity index is 1.45. The maximum absolute atomic E-state index is 12.9. The van der Waals surface area contributed by atoms with Gasteiger partial charge in [-0.3, -0.25) is 19.3 Å². The normalized spacial score (nSPS) is 14.6. The molecular formula is C25H19BrN2O4S. The Labute approximate surface area is 203 Å². The first kappa shape index (κ1) is 22.8. The first-order chi connectivity index (χ1) is 16.0. The summed E-state index contributed by atoms with van der Waals surface area (Å²) in [7, 11) is 0.